The highest BCUT2D eigenvalue weighted by molar-refractivity contribution is 5.82. The fourth-order valence-corrected chi connectivity index (χ4v) is 0.928. The first-order valence-corrected chi connectivity index (χ1v) is 4.84. The summed E-state index contributed by atoms with van der Waals surface area (Å²) in [7, 11) is 1.52. The molecule has 2 amide bonds. The van der Waals surface area contributed by atoms with Crippen molar-refractivity contribution >= 4 is 18.0 Å². The van der Waals surface area contributed by atoms with Gasteiger partial charge in [0.25, 0.3) is 0 Å². The number of hydrogen-bond donors (Lipinski definition) is 3. The number of hydrogen-bond acceptors (Lipinski definition) is 3. The molecule has 0 rings (SSSR count). The summed E-state index contributed by atoms with van der Waals surface area (Å²) in [6.07, 6.45) is -0.430. The van der Waals surface area contributed by atoms with Crippen LogP contribution in [0.15, 0.2) is 0 Å². The van der Waals surface area contributed by atoms with Crippen molar-refractivity contribution in [1.82, 2.24) is 10.2 Å². The minimum absolute atomic E-state index is 0.131. The third-order valence-corrected chi connectivity index (χ3v) is 2.06. The topological polar surface area (TPSA) is 107 Å². The van der Waals surface area contributed by atoms with Gasteiger partial charge in [-0.1, -0.05) is 0 Å². The molecule has 0 aromatic carbocycles. The lowest BCUT2D eigenvalue weighted by Crippen LogP contribution is -2.46. The van der Waals surface area contributed by atoms with Crippen LogP contribution in [0.1, 0.15) is 19.8 Å². The van der Waals surface area contributed by atoms with Crippen molar-refractivity contribution < 1.29 is 24.6 Å². The van der Waals surface area contributed by atoms with Gasteiger partial charge in [-0.05, 0) is 13.3 Å². The summed E-state index contributed by atoms with van der Waals surface area (Å²) in [5.74, 6) is -2.33. The Balaban J connectivity index is 4.28. The van der Waals surface area contributed by atoms with Gasteiger partial charge in [-0.3, -0.25) is 4.79 Å². The Hall–Kier alpha value is -1.79. The lowest BCUT2D eigenvalue weighted by molar-refractivity contribution is -0.140. The van der Waals surface area contributed by atoms with E-state index in [4.69, 9.17) is 10.2 Å². The molecule has 7 nitrogen and oxygen atoms in total. The molecule has 16 heavy (non-hydrogen) atoms. The fraction of sp³-hybridized carbons (Fsp3) is 0.667. The Morgan fingerprint density at radius 1 is 1.31 bits per heavy atom. The summed E-state index contributed by atoms with van der Waals surface area (Å²) in [5, 5.41) is 19.4. The van der Waals surface area contributed by atoms with Crippen LogP contribution in [0.2, 0.25) is 0 Å². The van der Waals surface area contributed by atoms with E-state index in [-0.39, 0.29) is 12.8 Å². The van der Waals surface area contributed by atoms with Crippen LogP contribution in [0.3, 0.4) is 0 Å². The maximum absolute atomic E-state index is 11.3. The van der Waals surface area contributed by atoms with Crippen LogP contribution >= 0.6 is 0 Å². The first-order valence-electron chi connectivity index (χ1n) is 4.84. The second kappa shape index (κ2) is 6.65. The number of nitrogens with zero attached hydrogens (tertiary/aromatic N) is 1. The summed E-state index contributed by atoms with van der Waals surface area (Å²) in [5.41, 5.74) is 0. The van der Waals surface area contributed by atoms with Crippen LogP contribution in [0.25, 0.3) is 0 Å². The molecule has 0 aliphatic carbocycles. The van der Waals surface area contributed by atoms with Gasteiger partial charge in [0.05, 0.1) is 0 Å². The van der Waals surface area contributed by atoms with Crippen molar-refractivity contribution in [2.24, 2.45) is 0 Å². The van der Waals surface area contributed by atoms with Gasteiger partial charge in [0, 0.05) is 20.0 Å². The van der Waals surface area contributed by atoms with Crippen LogP contribution in [-0.4, -0.2) is 52.7 Å². The van der Waals surface area contributed by atoms with E-state index >= 15 is 0 Å². The molecule has 3 N–H and O–H groups in total. The average molecular weight is 232 g/mol. The van der Waals surface area contributed by atoms with Crippen molar-refractivity contribution in [2.45, 2.75) is 25.8 Å². The fourth-order valence-electron chi connectivity index (χ4n) is 0.928. The zero-order valence-electron chi connectivity index (χ0n) is 9.27. The van der Waals surface area contributed by atoms with Gasteiger partial charge in [-0.15, -0.1) is 0 Å². The molecule has 0 bridgehead atoms. The molecule has 0 heterocycles. The SMILES string of the molecule is CCN(C)C(=O)N[C@@H](CCC(=O)O)C(=O)O. The summed E-state index contributed by atoms with van der Waals surface area (Å²) < 4.78 is 0. The van der Waals surface area contributed by atoms with Crippen molar-refractivity contribution in [3.05, 3.63) is 0 Å². The molecule has 0 saturated heterocycles. The Morgan fingerprint density at radius 3 is 2.25 bits per heavy atom. The Morgan fingerprint density at radius 2 is 1.88 bits per heavy atom. The number of carbonyl (C=O) groups is 3. The molecule has 1 atom stereocenters. The third-order valence-electron chi connectivity index (χ3n) is 2.06. The van der Waals surface area contributed by atoms with Crippen LogP contribution in [0.4, 0.5) is 4.79 Å². The highest BCUT2D eigenvalue weighted by Gasteiger charge is 2.21. The van der Waals surface area contributed by atoms with Gasteiger partial charge < -0.3 is 20.4 Å². The maximum atomic E-state index is 11.3. The molecule has 92 valence electrons. The normalized spacial score (nSPS) is 11.6. The van der Waals surface area contributed by atoms with Crippen molar-refractivity contribution in [3.8, 4) is 0 Å². The van der Waals surface area contributed by atoms with E-state index in [1.54, 1.807) is 6.92 Å². The molecule has 0 saturated carbocycles. The van der Waals surface area contributed by atoms with Crippen LogP contribution < -0.4 is 5.32 Å². The molecule has 0 spiro atoms. The number of carboxylic acid groups (broad SMARTS) is 2. The highest BCUT2D eigenvalue weighted by atomic mass is 16.4. The third kappa shape index (κ3) is 5.18. The van der Waals surface area contributed by atoms with Crippen molar-refractivity contribution in [3.63, 3.8) is 0 Å². The van der Waals surface area contributed by atoms with E-state index in [1.807, 2.05) is 0 Å². The molecule has 0 fully saturated rings. The lowest BCUT2D eigenvalue weighted by atomic mass is 10.1. The van der Waals surface area contributed by atoms with E-state index in [2.05, 4.69) is 5.32 Å². The van der Waals surface area contributed by atoms with Gasteiger partial charge in [-0.2, -0.15) is 0 Å². The molecule has 0 aromatic heterocycles. The monoisotopic (exact) mass is 232 g/mol. The summed E-state index contributed by atoms with van der Waals surface area (Å²) >= 11 is 0. The highest BCUT2D eigenvalue weighted by Crippen LogP contribution is 1.99. The number of amides is 2. The lowest BCUT2D eigenvalue weighted by Gasteiger charge is -2.19. The van der Waals surface area contributed by atoms with E-state index in [0.717, 1.165) is 0 Å². The number of rotatable bonds is 6. The van der Waals surface area contributed by atoms with E-state index in [1.165, 1.54) is 11.9 Å². The first kappa shape index (κ1) is 14.2. The smallest absolute Gasteiger partial charge is 0.326 e. The maximum Gasteiger partial charge on any atom is 0.326 e. The van der Waals surface area contributed by atoms with Gasteiger partial charge in [0.1, 0.15) is 6.04 Å². The summed E-state index contributed by atoms with van der Waals surface area (Å²) in [6.45, 7) is 2.18. The first-order chi connectivity index (χ1) is 7.38. The number of nitrogens with one attached hydrogen (secondary N) is 1. The number of carbonyl (C=O) groups excluding carboxylic acids is 1. The summed E-state index contributed by atoms with van der Waals surface area (Å²) in [6, 6.07) is -1.70. The van der Waals surface area contributed by atoms with E-state index in [0.29, 0.717) is 6.54 Å². The predicted molar refractivity (Wildman–Crippen MR) is 55.1 cm³/mol. The quantitative estimate of drug-likeness (QED) is 0.596. The van der Waals surface area contributed by atoms with E-state index in [9.17, 15) is 14.4 Å². The molecule has 0 aliphatic rings. The number of aliphatic carboxylic acids is 2. The van der Waals surface area contributed by atoms with Crippen molar-refractivity contribution in [2.75, 3.05) is 13.6 Å². The van der Waals surface area contributed by atoms with Gasteiger partial charge in [0.2, 0.25) is 0 Å². The minimum Gasteiger partial charge on any atom is -0.481 e. The molecular weight excluding hydrogens is 216 g/mol. The molecule has 0 radical (unpaired) electrons. The predicted octanol–water partition coefficient (Wildman–Crippen LogP) is -0.0343. The Kier molecular flexibility index (Phi) is 5.91. The molecule has 0 aromatic rings. The molecular formula is C9H16N2O5. The standard InChI is InChI=1S/C9H16N2O5/c1-3-11(2)9(16)10-6(8(14)15)4-5-7(12)13/h6H,3-5H2,1-2H3,(H,10,16)(H,12,13)(H,14,15)/t6-/m0/s1. The zero-order valence-corrected chi connectivity index (χ0v) is 9.27. The van der Waals surface area contributed by atoms with Crippen LogP contribution in [0.5, 0.6) is 0 Å². The van der Waals surface area contributed by atoms with Crippen molar-refractivity contribution in [1.29, 1.82) is 0 Å². The van der Waals surface area contributed by atoms with Crippen LogP contribution in [0, 0.1) is 0 Å². The Bertz CT molecular complexity index is 279. The molecule has 0 unspecified atom stereocenters. The molecule has 7 heteroatoms. The van der Waals surface area contributed by atoms with Gasteiger partial charge in [-0.25, -0.2) is 9.59 Å². The van der Waals surface area contributed by atoms with Crippen LogP contribution in [-0.2, 0) is 9.59 Å². The minimum atomic E-state index is -1.24. The second-order valence-electron chi connectivity index (χ2n) is 3.29. The van der Waals surface area contributed by atoms with E-state index < -0.39 is 24.0 Å². The second-order valence-corrected chi connectivity index (χ2v) is 3.29. The Labute approximate surface area is 93.0 Å². The molecule has 0 aliphatic heterocycles. The number of urea groups is 1. The average Bonchev–Trinajstić information content (AvgIpc) is 2.21. The number of carboxylic acids is 2. The van der Waals surface area contributed by atoms with Gasteiger partial charge in [0.15, 0.2) is 0 Å². The largest absolute Gasteiger partial charge is 0.481 e. The zero-order chi connectivity index (χ0) is 12.7. The summed E-state index contributed by atoms with van der Waals surface area (Å²) in [4.78, 5) is 33.7. The van der Waals surface area contributed by atoms with Gasteiger partial charge >= 0.3 is 18.0 Å².